The van der Waals surface area contributed by atoms with Crippen LogP contribution in [0.25, 0.3) is 0 Å². The van der Waals surface area contributed by atoms with Crippen molar-refractivity contribution in [1.82, 2.24) is 0 Å². The van der Waals surface area contributed by atoms with Gasteiger partial charge in [-0.05, 0) is 20.3 Å². The van der Waals surface area contributed by atoms with Gasteiger partial charge < -0.3 is 24.8 Å². The molecule has 7 nitrogen and oxygen atoms in total. The number of hydrogen-bond acceptors (Lipinski definition) is 7. The number of aliphatic hydroxyl groups excluding tert-OH is 3. The lowest BCUT2D eigenvalue weighted by Crippen LogP contribution is -2.26. The van der Waals surface area contributed by atoms with Crippen LogP contribution in [-0.2, 0) is 19.1 Å². The van der Waals surface area contributed by atoms with Crippen LogP contribution in [0, 0.1) is 0 Å². The summed E-state index contributed by atoms with van der Waals surface area (Å²) in [5, 5.41) is 25.5. The minimum Gasteiger partial charge on any atom is -0.464 e. The molecule has 18 heavy (non-hydrogen) atoms. The molecule has 0 saturated carbocycles. The summed E-state index contributed by atoms with van der Waals surface area (Å²) in [6.45, 7) is 5.02. The summed E-state index contributed by atoms with van der Waals surface area (Å²) < 4.78 is 8.85. The molecule has 0 amide bonds. The maximum absolute atomic E-state index is 10.5. The topological polar surface area (TPSA) is 113 Å². The van der Waals surface area contributed by atoms with Crippen molar-refractivity contribution in [2.24, 2.45) is 0 Å². The second-order valence-electron chi connectivity index (χ2n) is 3.13. The van der Waals surface area contributed by atoms with Crippen LogP contribution in [0.4, 0.5) is 0 Å². The normalized spacial score (nSPS) is 12.8. The van der Waals surface area contributed by atoms with Crippen LogP contribution in [0.1, 0.15) is 27.2 Å². The summed E-state index contributed by atoms with van der Waals surface area (Å²) in [4.78, 5) is 20.8. The van der Waals surface area contributed by atoms with Crippen molar-refractivity contribution in [2.45, 2.75) is 39.4 Å². The van der Waals surface area contributed by atoms with Crippen LogP contribution in [0.3, 0.4) is 0 Å². The molecular formula is C11H22O7. The van der Waals surface area contributed by atoms with Crippen LogP contribution >= 0.6 is 0 Å². The van der Waals surface area contributed by atoms with Gasteiger partial charge in [0, 0.05) is 0 Å². The average Bonchev–Trinajstić information content (AvgIpc) is 2.38. The van der Waals surface area contributed by atoms with Crippen molar-refractivity contribution < 1.29 is 34.4 Å². The van der Waals surface area contributed by atoms with E-state index >= 15 is 0 Å². The van der Waals surface area contributed by atoms with Gasteiger partial charge >= 0.3 is 11.9 Å². The highest BCUT2D eigenvalue weighted by atomic mass is 16.6. The Kier molecular flexibility index (Phi) is 13.1. The molecule has 7 heteroatoms. The fraction of sp³-hybridized carbons (Fsp3) is 0.818. The molecule has 0 spiro atoms. The van der Waals surface area contributed by atoms with Gasteiger partial charge in [-0.1, -0.05) is 6.92 Å². The summed E-state index contributed by atoms with van der Waals surface area (Å²) in [6, 6.07) is 0. The van der Waals surface area contributed by atoms with Gasteiger partial charge in [0.2, 0.25) is 0 Å². The third kappa shape index (κ3) is 10.0. The van der Waals surface area contributed by atoms with Crippen LogP contribution in [0.15, 0.2) is 0 Å². The molecule has 0 aromatic heterocycles. The first-order chi connectivity index (χ1) is 8.44. The lowest BCUT2D eigenvalue weighted by atomic mass is 10.3. The van der Waals surface area contributed by atoms with Gasteiger partial charge in [-0.15, -0.1) is 0 Å². The molecule has 0 aromatic rings. The van der Waals surface area contributed by atoms with E-state index in [0.717, 1.165) is 0 Å². The molecule has 0 aliphatic carbocycles. The molecule has 0 aliphatic rings. The fourth-order valence-corrected chi connectivity index (χ4v) is 0.718. The van der Waals surface area contributed by atoms with E-state index in [2.05, 4.69) is 9.47 Å². The highest BCUT2D eigenvalue weighted by Gasteiger charge is 2.13. The lowest BCUT2D eigenvalue weighted by molar-refractivity contribution is -0.155. The number of rotatable bonds is 6. The summed E-state index contributed by atoms with van der Waals surface area (Å²) in [5.74, 6) is -1.31. The molecule has 0 saturated heterocycles. The maximum atomic E-state index is 10.5. The van der Waals surface area contributed by atoms with E-state index in [1.54, 1.807) is 20.8 Å². The Hall–Kier alpha value is -1.18. The Morgan fingerprint density at radius 1 is 0.944 bits per heavy atom. The Labute approximate surface area is 106 Å². The number of hydrogen-bond donors (Lipinski definition) is 3. The predicted octanol–water partition coefficient (Wildman–Crippen LogP) is -0.777. The number of aliphatic hydroxyl groups is 3. The molecule has 0 aliphatic heterocycles. The Balaban J connectivity index is 0. The molecule has 0 aromatic carbocycles. The molecule has 108 valence electrons. The Bertz CT molecular complexity index is 205. The largest absolute Gasteiger partial charge is 0.464 e. The van der Waals surface area contributed by atoms with Gasteiger partial charge in [0.05, 0.1) is 19.8 Å². The standard InChI is InChI=1S/C6H12O3.C5H10O4/c1-3-5(7)6(8)9-4-2;1-2-9-5(8)4(7)3-6/h5,7H,3-4H2,1-2H3;4,6-7H,2-3H2,1H3. The minimum atomic E-state index is -1.38. The van der Waals surface area contributed by atoms with Gasteiger partial charge in [-0.2, -0.15) is 0 Å². The SMILES string of the molecule is CCOC(=O)C(O)CC.CCOC(=O)C(O)CO. The summed E-state index contributed by atoms with van der Waals surface area (Å²) in [6.07, 6.45) is -1.91. The molecule has 3 N–H and O–H groups in total. The molecule has 0 rings (SSSR count). The molecule has 0 heterocycles. The van der Waals surface area contributed by atoms with Crippen molar-refractivity contribution in [3.63, 3.8) is 0 Å². The van der Waals surface area contributed by atoms with Gasteiger partial charge in [-0.3, -0.25) is 0 Å². The predicted molar refractivity (Wildman–Crippen MR) is 62.7 cm³/mol. The van der Waals surface area contributed by atoms with Gasteiger partial charge in [0.1, 0.15) is 0 Å². The van der Waals surface area contributed by atoms with Crippen molar-refractivity contribution in [1.29, 1.82) is 0 Å². The zero-order valence-corrected chi connectivity index (χ0v) is 11.0. The van der Waals surface area contributed by atoms with Crippen molar-refractivity contribution >= 4 is 11.9 Å². The van der Waals surface area contributed by atoms with E-state index in [4.69, 9.17) is 15.3 Å². The molecular weight excluding hydrogens is 244 g/mol. The Morgan fingerprint density at radius 2 is 1.33 bits per heavy atom. The Morgan fingerprint density at radius 3 is 1.61 bits per heavy atom. The number of carbonyl (C=O) groups excluding carboxylic acids is 2. The smallest absolute Gasteiger partial charge is 0.337 e. The molecule has 0 fully saturated rings. The highest BCUT2D eigenvalue weighted by Crippen LogP contribution is 1.92. The third-order valence-electron chi connectivity index (χ3n) is 1.68. The van der Waals surface area contributed by atoms with Crippen molar-refractivity contribution in [3.05, 3.63) is 0 Å². The number of esters is 2. The zero-order chi connectivity index (χ0) is 14.6. The third-order valence-corrected chi connectivity index (χ3v) is 1.68. The van der Waals surface area contributed by atoms with Gasteiger partial charge in [-0.25, -0.2) is 9.59 Å². The zero-order valence-electron chi connectivity index (χ0n) is 11.0. The van der Waals surface area contributed by atoms with Crippen molar-refractivity contribution in [2.75, 3.05) is 19.8 Å². The van der Waals surface area contributed by atoms with Gasteiger partial charge in [0.15, 0.2) is 12.2 Å². The summed E-state index contributed by atoms with van der Waals surface area (Å²) in [5.41, 5.74) is 0. The first-order valence-corrected chi connectivity index (χ1v) is 5.74. The quantitative estimate of drug-likeness (QED) is 0.540. The van der Waals surface area contributed by atoms with E-state index in [0.29, 0.717) is 13.0 Å². The fourth-order valence-electron chi connectivity index (χ4n) is 0.718. The van der Waals surface area contributed by atoms with E-state index < -0.39 is 30.8 Å². The van der Waals surface area contributed by atoms with E-state index in [9.17, 15) is 9.59 Å². The summed E-state index contributed by atoms with van der Waals surface area (Å²) in [7, 11) is 0. The van der Waals surface area contributed by atoms with E-state index in [1.165, 1.54) is 0 Å². The average molecular weight is 266 g/mol. The van der Waals surface area contributed by atoms with Crippen molar-refractivity contribution in [3.8, 4) is 0 Å². The van der Waals surface area contributed by atoms with Crippen LogP contribution < -0.4 is 0 Å². The second kappa shape index (κ2) is 12.3. The van der Waals surface area contributed by atoms with E-state index in [-0.39, 0.29) is 6.61 Å². The van der Waals surface area contributed by atoms with E-state index in [1.807, 2.05) is 0 Å². The number of carbonyl (C=O) groups is 2. The summed E-state index contributed by atoms with van der Waals surface area (Å²) >= 11 is 0. The molecule has 0 bridgehead atoms. The molecule has 0 radical (unpaired) electrons. The molecule has 2 atom stereocenters. The van der Waals surface area contributed by atoms with Crippen LogP contribution in [0.5, 0.6) is 0 Å². The molecule has 2 unspecified atom stereocenters. The monoisotopic (exact) mass is 266 g/mol. The second-order valence-corrected chi connectivity index (χ2v) is 3.13. The lowest BCUT2D eigenvalue weighted by Gasteiger charge is -2.04. The minimum absolute atomic E-state index is 0.218. The van der Waals surface area contributed by atoms with Crippen LogP contribution in [-0.4, -0.2) is 59.3 Å². The first-order valence-electron chi connectivity index (χ1n) is 5.74. The van der Waals surface area contributed by atoms with Gasteiger partial charge in [0.25, 0.3) is 0 Å². The number of ether oxygens (including phenoxy) is 2. The highest BCUT2D eigenvalue weighted by molar-refractivity contribution is 5.74. The maximum Gasteiger partial charge on any atom is 0.337 e. The first kappa shape index (κ1) is 19.2. The van der Waals surface area contributed by atoms with Crippen LogP contribution in [0.2, 0.25) is 0 Å².